The highest BCUT2D eigenvalue weighted by molar-refractivity contribution is 8.00. The molecule has 1 rings (SSSR count). The van der Waals surface area contributed by atoms with Gasteiger partial charge in [-0.1, -0.05) is 0 Å². The highest BCUT2D eigenvalue weighted by Gasteiger charge is 2.15. The molecule has 0 spiro atoms. The first-order chi connectivity index (χ1) is 7.81. The minimum Gasteiger partial charge on any atom is -0.399 e. The zero-order valence-electron chi connectivity index (χ0n) is 9.81. The van der Waals surface area contributed by atoms with Gasteiger partial charge in [-0.05, 0) is 32.0 Å². The maximum atomic E-state index is 13.0. The van der Waals surface area contributed by atoms with Gasteiger partial charge in [-0.25, -0.2) is 12.8 Å². The Labute approximate surface area is 106 Å². The molecule has 96 valence electrons. The van der Waals surface area contributed by atoms with Crippen LogP contribution in [0.25, 0.3) is 0 Å². The number of hydrogen-bond acceptors (Lipinski definition) is 4. The van der Waals surface area contributed by atoms with Crippen molar-refractivity contribution in [1.29, 1.82) is 0 Å². The minimum absolute atomic E-state index is 0.0890. The summed E-state index contributed by atoms with van der Waals surface area (Å²) in [6, 6.07) is 4.22. The fourth-order valence-electron chi connectivity index (χ4n) is 1.18. The van der Waals surface area contributed by atoms with Crippen LogP contribution in [0.3, 0.4) is 0 Å². The molecular formula is C11H16FNO2S2. The highest BCUT2D eigenvalue weighted by atomic mass is 32.2. The summed E-state index contributed by atoms with van der Waals surface area (Å²) in [6.07, 6.45) is 0. The van der Waals surface area contributed by atoms with Gasteiger partial charge in [-0.2, -0.15) is 0 Å². The molecule has 17 heavy (non-hydrogen) atoms. The van der Waals surface area contributed by atoms with E-state index in [1.165, 1.54) is 23.9 Å². The van der Waals surface area contributed by atoms with Crippen molar-refractivity contribution in [2.75, 3.05) is 17.2 Å². The quantitative estimate of drug-likeness (QED) is 0.663. The third-order valence-corrected chi connectivity index (χ3v) is 5.69. The monoisotopic (exact) mass is 277 g/mol. The molecule has 0 amide bonds. The van der Waals surface area contributed by atoms with E-state index in [1.54, 1.807) is 19.9 Å². The third kappa shape index (κ3) is 4.55. The predicted molar refractivity (Wildman–Crippen MR) is 70.5 cm³/mol. The van der Waals surface area contributed by atoms with Gasteiger partial charge in [0.15, 0.2) is 9.84 Å². The number of anilines is 1. The van der Waals surface area contributed by atoms with Gasteiger partial charge in [0.25, 0.3) is 0 Å². The van der Waals surface area contributed by atoms with Gasteiger partial charge in [-0.15, -0.1) is 11.8 Å². The van der Waals surface area contributed by atoms with Gasteiger partial charge >= 0.3 is 0 Å². The molecule has 6 heteroatoms. The summed E-state index contributed by atoms with van der Waals surface area (Å²) < 4.78 is 36.1. The molecule has 0 saturated carbocycles. The third-order valence-electron chi connectivity index (χ3n) is 2.25. The van der Waals surface area contributed by atoms with E-state index in [0.29, 0.717) is 16.3 Å². The Morgan fingerprint density at radius 3 is 2.53 bits per heavy atom. The maximum absolute atomic E-state index is 13.0. The fourth-order valence-corrected chi connectivity index (χ4v) is 3.56. The van der Waals surface area contributed by atoms with Crippen LogP contribution >= 0.6 is 11.8 Å². The molecule has 0 unspecified atom stereocenters. The lowest BCUT2D eigenvalue weighted by Gasteiger charge is -2.07. The van der Waals surface area contributed by atoms with Crippen LogP contribution in [0, 0.1) is 5.82 Å². The van der Waals surface area contributed by atoms with Crippen LogP contribution in [0.1, 0.15) is 13.8 Å². The summed E-state index contributed by atoms with van der Waals surface area (Å²) in [5.41, 5.74) is 5.84. The molecule has 0 saturated heterocycles. The van der Waals surface area contributed by atoms with Gasteiger partial charge in [0, 0.05) is 16.3 Å². The predicted octanol–water partition coefficient (Wildman–Crippen LogP) is 2.32. The number of halogens is 1. The van der Waals surface area contributed by atoms with Crippen molar-refractivity contribution >= 4 is 27.3 Å². The van der Waals surface area contributed by atoms with E-state index in [1.807, 2.05) is 0 Å². The Bertz CT molecular complexity index is 466. The SMILES string of the molecule is CC(C)S(=O)(=O)CCSc1cc(N)cc(F)c1. The lowest BCUT2D eigenvalue weighted by molar-refractivity contribution is 0.589. The normalized spacial score (nSPS) is 12.0. The average Bonchev–Trinajstić information content (AvgIpc) is 2.15. The second-order valence-electron chi connectivity index (χ2n) is 3.98. The Morgan fingerprint density at radius 1 is 1.35 bits per heavy atom. The summed E-state index contributed by atoms with van der Waals surface area (Å²) in [4.78, 5) is 0.654. The van der Waals surface area contributed by atoms with E-state index < -0.39 is 15.7 Å². The Hall–Kier alpha value is -0.750. The first kappa shape index (κ1) is 14.3. The van der Waals surface area contributed by atoms with Gasteiger partial charge in [0.1, 0.15) is 5.82 Å². The highest BCUT2D eigenvalue weighted by Crippen LogP contribution is 2.22. The van der Waals surface area contributed by atoms with Gasteiger partial charge < -0.3 is 5.73 Å². The first-order valence-corrected chi connectivity index (χ1v) is 7.92. The Morgan fingerprint density at radius 2 is 2.00 bits per heavy atom. The van der Waals surface area contributed by atoms with Crippen molar-refractivity contribution in [3.63, 3.8) is 0 Å². The number of rotatable bonds is 5. The lowest BCUT2D eigenvalue weighted by atomic mass is 10.3. The maximum Gasteiger partial charge on any atom is 0.153 e. The molecule has 1 aromatic carbocycles. The van der Waals surface area contributed by atoms with Crippen LogP contribution in [0.15, 0.2) is 23.1 Å². The molecule has 0 bridgehead atoms. The second-order valence-corrected chi connectivity index (χ2v) is 7.83. The number of benzene rings is 1. The van der Waals surface area contributed by atoms with Crippen LogP contribution in [-0.4, -0.2) is 25.2 Å². The zero-order chi connectivity index (χ0) is 13.1. The van der Waals surface area contributed by atoms with Crippen molar-refractivity contribution in [3.05, 3.63) is 24.0 Å². The van der Waals surface area contributed by atoms with Gasteiger partial charge in [0.2, 0.25) is 0 Å². The smallest absolute Gasteiger partial charge is 0.153 e. The lowest BCUT2D eigenvalue weighted by Crippen LogP contribution is -2.18. The Balaban J connectivity index is 2.57. The fraction of sp³-hybridized carbons (Fsp3) is 0.455. The van der Waals surface area contributed by atoms with Crippen LogP contribution < -0.4 is 5.73 Å². The molecule has 0 aliphatic rings. The van der Waals surface area contributed by atoms with E-state index in [-0.39, 0.29) is 11.0 Å². The summed E-state index contributed by atoms with van der Waals surface area (Å²) in [5.74, 6) is 0.0917. The van der Waals surface area contributed by atoms with Crippen LogP contribution in [0.2, 0.25) is 0 Å². The van der Waals surface area contributed by atoms with Crippen molar-refractivity contribution in [2.24, 2.45) is 0 Å². The number of nitrogen functional groups attached to an aromatic ring is 1. The largest absolute Gasteiger partial charge is 0.399 e. The summed E-state index contributed by atoms with van der Waals surface area (Å²) in [6.45, 7) is 3.31. The number of thioether (sulfide) groups is 1. The number of nitrogens with two attached hydrogens (primary N) is 1. The minimum atomic E-state index is -3.03. The topological polar surface area (TPSA) is 60.2 Å². The molecule has 0 aliphatic heterocycles. The standard InChI is InChI=1S/C11H16FNO2S2/c1-8(2)17(14,15)4-3-16-11-6-9(12)5-10(13)7-11/h5-8H,3-4,13H2,1-2H3. The van der Waals surface area contributed by atoms with E-state index >= 15 is 0 Å². The van der Waals surface area contributed by atoms with Crippen molar-refractivity contribution in [1.82, 2.24) is 0 Å². The average molecular weight is 277 g/mol. The summed E-state index contributed by atoms with van der Waals surface area (Å²) in [5, 5.41) is -0.374. The molecule has 0 aromatic heterocycles. The van der Waals surface area contributed by atoms with Crippen molar-refractivity contribution in [2.45, 2.75) is 24.0 Å². The number of hydrogen-bond donors (Lipinski definition) is 1. The number of sulfone groups is 1. The molecule has 0 fully saturated rings. The first-order valence-electron chi connectivity index (χ1n) is 5.21. The molecular weight excluding hydrogens is 261 g/mol. The van der Waals surface area contributed by atoms with Gasteiger partial charge in [-0.3, -0.25) is 0 Å². The van der Waals surface area contributed by atoms with Crippen LogP contribution in [0.5, 0.6) is 0 Å². The molecule has 0 radical (unpaired) electrons. The van der Waals surface area contributed by atoms with Crippen molar-refractivity contribution < 1.29 is 12.8 Å². The molecule has 0 heterocycles. The molecule has 0 aliphatic carbocycles. The van der Waals surface area contributed by atoms with Crippen LogP contribution in [-0.2, 0) is 9.84 Å². The van der Waals surface area contributed by atoms with Gasteiger partial charge in [0.05, 0.1) is 11.0 Å². The summed E-state index contributed by atoms with van der Waals surface area (Å²) in [7, 11) is -3.03. The zero-order valence-corrected chi connectivity index (χ0v) is 11.4. The van der Waals surface area contributed by atoms with E-state index in [9.17, 15) is 12.8 Å². The molecule has 3 nitrogen and oxygen atoms in total. The second kappa shape index (κ2) is 5.73. The molecule has 2 N–H and O–H groups in total. The van der Waals surface area contributed by atoms with Crippen molar-refractivity contribution in [3.8, 4) is 0 Å². The van der Waals surface area contributed by atoms with Crippen LogP contribution in [0.4, 0.5) is 10.1 Å². The molecule has 0 atom stereocenters. The van der Waals surface area contributed by atoms with E-state index in [4.69, 9.17) is 5.73 Å². The Kier molecular flexibility index (Phi) is 4.82. The van der Waals surface area contributed by atoms with E-state index in [0.717, 1.165) is 0 Å². The van der Waals surface area contributed by atoms with E-state index in [2.05, 4.69) is 0 Å². The summed E-state index contributed by atoms with van der Waals surface area (Å²) >= 11 is 1.29. The molecule has 1 aromatic rings.